The molecule has 17 heavy (non-hydrogen) atoms. The topological polar surface area (TPSA) is 49.4 Å². The number of rotatable bonds is 1. The van der Waals surface area contributed by atoms with Crippen molar-refractivity contribution >= 4 is 10.2 Å². The maximum Gasteiger partial charge on any atom is 0.279 e. The molecule has 1 heterocycles. The van der Waals surface area contributed by atoms with E-state index >= 15 is 0 Å². The SMILES string of the molecule is Cc1ccc([C@]2(C)CNS(=O)(=O)N(C)C2)cc1. The van der Waals surface area contributed by atoms with E-state index in [-0.39, 0.29) is 5.41 Å². The molecule has 0 aromatic heterocycles. The Kier molecular flexibility index (Phi) is 3.01. The third kappa shape index (κ3) is 2.36. The van der Waals surface area contributed by atoms with Gasteiger partial charge in [0.25, 0.3) is 10.2 Å². The summed E-state index contributed by atoms with van der Waals surface area (Å²) in [5.74, 6) is 0. The highest BCUT2D eigenvalue weighted by atomic mass is 32.2. The number of hydrogen-bond donors (Lipinski definition) is 1. The number of aryl methyl sites for hydroxylation is 1. The summed E-state index contributed by atoms with van der Waals surface area (Å²) in [4.78, 5) is 0. The molecule has 1 atom stereocenters. The van der Waals surface area contributed by atoms with Gasteiger partial charge in [0, 0.05) is 25.6 Å². The fourth-order valence-electron chi connectivity index (χ4n) is 2.14. The van der Waals surface area contributed by atoms with E-state index in [1.54, 1.807) is 7.05 Å². The van der Waals surface area contributed by atoms with Crippen LogP contribution >= 0.6 is 0 Å². The van der Waals surface area contributed by atoms with E-state index in [1.165, 1.54) is 9.87 Å². The van der Waals surface area contributed by atoms with Gasteiger partial charge in [-0.15, -0.1) is 0 Å². The van der Waals surface area contributed by atoms with E-state index in [1.807, 2.05) is 6.92 Å². The largest absolute Gasteiger partial charge is 0.279 e. The van der Waals surface area contributed by atoms with Gasteiger partial charge >= 0.3 is 0 Å². The van der Waals surface area contributed by atoms with Crippen LogP contribution in [0.2, 0.25) is 0 Å². The van der Waals surface area contributed by atoms with Crippen LogP contribution in [-0.2, 0) is 15.6 Å². The molecule has 4 nitrogen and oxygen atoms in total. The van der Waals surface area contributed by atoms with Crippen molar-refractivity contribution in [3.63, 3.8) is 0 Å². The molecule has 94 valence electrons. The highest BCUT2D eigenvalue weighted by Crippen LogP contribution is 2.28. The quantitative estimate of drug-likeness (QED) is 0.814. The van der Waals surface area contributed by atoms with Gasteiger partial charge in [-0.2, -0.15) is 12.7 Å². The first-order valence-corrected chi connectivity index (χ1v) is 7.06. The summed E-state index contributed by atoms with van der Waals surface area (Å²) >= 11 is 0. The van der Waals surface area contributed by atoms with Gasteiger partial charge < -0.3 is 0 Å². The minimum Gasteiger partial charge on any atom is -0.201 e. The lowest BCUT2D eigenvalue weighted by molar-refractivity contribution is 0.314. The summed E-state index contributed by atoms with van der Waals surface area (Å²) in [5.41, 5.74) is 2.20. The van der Waals surface area contributed by atoms with Crippen LogP contribution in [0.4, 0.5) is 0 Å². The molecule has 0 saturated carbocycles. The van der Waals surface area contributed by atoms with Crippen molar-refractivity contribution in [2.45, 2.75) is 19.3 Å². The van der Waals surface area contributed by atoms with Crippen LogP contribution in [0.1, 0.15) is 18.1 Å². The average Bonchev–Trinajstić information content (AvgIpc) is 2.26. The fraction of sp³-hybridized carbons (Fsp3) is 0.500. The Morgan fingerprint density at radius 1 is 1.29 bits per heavy atom. The first kappa shape index (κ1) is 12.5. The molecule has 0 spiro atoms. The van der Waals surface area contributed by atoms with E-state index in [2.05, 4.69) is 35.9 Å². The Balaban J connectivity index is 2.30. The summed E-state index contributed by atoms with van der Waals surface area (Å²) < 4.78 is 27.1. The van der Waals surface area contributed by atoms with Crippen molar-refractivity contribution < 1.29 is 8.42 Å². The summed E-state index contributed by atoms with van der Waals surface area (Å²) in [7, 11) is -1.66. The minimum atomic E-state index is -3.27. The molecule has 0 unspecified atom stereocenters. The maximum atomic E-state index is 11.6. The van der Waals surface area contributed by atoms with Gasteiger partial charge in [-0.05, 0) is 12.5 Å². The highest BCUT2D eigenvalue weighted by Gasteiger charge is 2.37. The standard InChI is InChI=1S/C12H18N2O2S/c1-10-4-6-11(7-5-10)12(2)8-13-17(15,16)14(3)9-12/h4-7,13H,8-9H2,1-3H3/t12-/m1/s1. The first-order valence-electron chi connectivity index (χ1n) is 5.62. The summed E-state index contributed by atoms with van der Waals surface area (Å²) in [5, 5.41) is 0. The monoisotopic (exact) mass is 254 g/mol. The van der Waals surface area contributed by atoms with Crippen molar-refractivity contribution in [3.05, 3.63) is 35.4 Å². The molecular formula is C12H18N2O2S. The fourth-order valence-corrected chi connectivity index (χ4v) is 3.32. The third-order valence-electron chi connectivity index (χ3n) is 3.38. The molecule has 0 amide bonds. The Bertz CT molecular complexity index is 510. The molecule has 1 saturated heterocycles. The van der Waals surface area contributed by atoms with Gasteiger partial charge in [0.2, 0.25) is 0 Å². The summed E-state index contributed by atoms with van der Waals surface area (Å²) in [6, 6.07) is 8.26. The van der Waals surface area contributed by atoms with Crippen molar-refractivity contribution in [1.82, 2.24) is 9.03 Å². The van der Waals surface area contributed by atoms with Gasteiger partial charge in [0.15, 0.2) is 0 Å². The number of nitrogens with one attached hydrogen (secondary N) is 1. The lowest BCUT2D eigenvalue weighted by Crippen LogP contribution is -2.56. The number of likely N-dealkylation sites (N-methyl/N-ethyl adjacent to an activating group) is 1. The second-order valence-electron chi connectivity index (χ2n) is 5.01. The average molecular weight is 254 g/mol. The van der Waals surface area contributed by atoms with Crippen LogP contribution in [-0.4, -0.2) is 32.9 Å². The second kappa shape index (κ2) is 4.08. The van der Waals surface area contributed by atoms with Crippen LogP contribution in [0.5, 0.6) is 0 Å². The van der Waals surface area contributed by atoms with Crippen molar-refractivity contribution in [3.8, 4) is 0 Å². The molecule has 1 aromatic carbocycles. The Morgan fingerprint density at radius 3 is 2.41 bits per heavy atom. The smallest absolute Gasteiger partial charge is 0.201 e. The molecule has 1 aromatic rings. The first-order chi connectivity index (χ1) is 7.83. The Labute approximate surface area is 103 Å². The number of hydrogen-bond acceptors (Lipinski definition) is 2. The molecule has 1 fully saturated rings. The zero-order valence-corrected chi connectivity index (χ0v) is 11.2. The van der Waals surface area contributed by atoms with Crippen LogP contribution in [0.15, 0.2) is 24.3 Å². The van der Waals surface area contributed by atoms with Crippen LogP contribution in [0.25, 0.3) is 0 Å². The molecule has 0 radical (unpaired) electrons. The van der Waals surface area contributed by atoms with Gasteiger partial charge in [-0.25, -0.2) is 4.72 Å². The maximum absolute atomic E-state index is 11.6. The zero-order valence-electron chi connectivity index (χ0n) is 10.4. The van der Waals surface area contributed by atoms with E-state index in [4.69, 9.17) is 0 Å². The van der Waals surface area contributed by atoms with Crippen molar-refractivity contribution in [2.75, 3.05) is 20.1 Å². The Hall–Kier alpha value is -0.910. The van der Waals surface area contributed by atoms with Crippen LogP contribution in [0.3, 0.4) is 0 Å². The molecule has 0 bridgehead atoms. The van der Waals surface area contributed by atoms with E-state index < -0.39 is 10.2 Å². The molecule has 2 rings (SSSR count). The highest BCUT2D eigenvalue weighted by molar-refractivity contribution is 7.87. The third-order valence-corrected chi connectivity index (χ3v) is 4.83. The van der Waals surface area contributed by atoms with E-state index in [0.29, 0.717) is 13.1 Å². The zero-order chi connectivity index (χ0) is 12.7. The minimum absolute atomic E-state index is 0.173. The summed E-state index contributed by atoms with van der Waals surface area (Å²) in [6.45, 7) is 5.08. The molecule has 0 aliphatic carbocycles. The second-order valence-corrected chi connectivity index (χ2v) is 6.87. The van der Waals surface area contributed by atoms with Gasteiger partial charge in [0.1, 0.15) is 0 Å². The van der Waals surface area contributed by atoms with Gasteiger partial charge in [-0.1, -0.05) is 36.8 Å². The van der Waals surface area contributed by atoms with Crippen molar-refractivity contribution in [1.29, 1.82) is 0 Å². The number of nitrogens with zero attached hydrogens (tertiary/aromatic N) is 1. The molecule has 5 heteroatoms. The predicted molar refractivity (Wildman–Crippen MR) is 68.1 cm³/mol. The van der Waals surface area contributed by atoms with Crippen LogP contribution < -0.4 is 4.72 Å². The molecule has 1 N–H and O–H groups in total. The molecule has 1 aliphatic rings. The summed E-state index contributed by atoms with van der Waals surface area (Å²) in [6.07, 6.45) is 0. The van der Waals surface area contributed by atoms with Gasteiger partial charge in [-0.3, -0.25) is 0 Å². The lowest BCUT2D eigenvalue weighted by atomic mass is 9.82. The van der Waals surface area contributed by atoms with Crippen LogP contribution in [0, 0.1) is 6.92 Å². The predicted octanol–water partition coefficient (Wildman–Crippen LogP) is 1.03. The molecular weight excluding hydrogens is 236 g/mol. The Morgan fingerprint density at radius 2 is 1.88 bits per heavy atom. The van der Waals surface area contributed by atoms with E-state index in [9.17, 15) is 8.42 Å². The number of benzene rings is 1. The van der Waals surface area contributed by atoms with Gasteiger partial charge in [0.05, 0.1) is 0 Å². The van der Waals surface area contributed by atoms with Crippen molar-refractivity contribution in [2.24, 2.45) is 0 Å². The molecule has 1 aliphatic heterocycles. The normalized spacial score (nSPS) is 29.1. The van der Waals surface area contributed by atoms with E-state index in [0.717, 1.165) is 5.56 Å². The lowest BCUT2D eigenvalue weighted by Gasteiger charge is -2.39.